The molecule has 1 aliphatic heterocycles. The zero-order chi connectivity index (χ0) is 14.1. The number of amides is 1. The first-order valence-corrected chi connectivity index (χ1v) is 7.22. The second-order valence-corrected chi connectivity index (χ2v) is 5.69. The number of hydrogen-bond acceptors (Lipinski definition) is 4. The number of likely N-dealkylation sites (N-methyl/N-ethyl adjacent to an activating group) is 1. The van der Waals surface area contributed by atoms with Crippen LogP contribution in [0.25, 0.3) is 0 Å². The minimum atomic E-state index is -0.0686. The molecule has 1 aromatic rings. The van der Waals surface area contributed by atoms with Crippen molar-refractivity contribution in [3.05, 3.63) is 18.2 Å². The van der Waals surface area contributed by atoms with Gasteiger partial charge in [0.1, 0.15) is 5.82 Å². The van der Waals surface area contributed by atoms with Crippen LogP contribution in [0.15, 0.2) is 12.4 Å². The second kappa shape index (κ2) is 5.54. The molecular weight excluding hydrogens is 256 g/mol. The average Bonchev–Trinajstić information content (AvgIpc) is 3.03. The summed E-state index contributed by atoms with van der Waals surface area (Å²) in [6, 6.07) is 0.516. The van der Waals surface area contributed by atoms with Crippen LogP contribution in [0.5, 0.6) is 0 Å². The molecule has 2 aliphatic rings. The van der Waals surface area contributed by atoms with E-state index in [4.69, 9.17) is 4.74 Å². The summed E-state index contributed by atoms with van der Waals surface area (Å²) in [7, 11) is 3.85. The number of carbonyl (C=O) groups excluding carboxylic acids is 1. The van der Waals surface area contributed by atoms with Crippen molar-refractivity contribution in [3.8, 4) is 0 Å². The van der Waals surface area contributed by atoms with E-state index >= 15 is 0 Å². The van der Waals surface area contributed by atoms with E-state index in [1.807, 2.05) is 29.8 Å². The normalized spacial score (nSPS) is 25.9. The first kappa shape index (κ1) is 13.6. The van der Waals surface area contributed by atoms with E-state index in [1.165, 1.54) is 0 Å². The van der Waals surface area contributed by atoms with Crippen LogP contribution in [0, 0.1) is 5.92 Å². The Bertz CT molecular complexity index is 483. The standard InChI is InChI=1S/C14H22N4O2/c1-15-12-9-20-8-11(12)14(19)18(10-3-4-10)7-13-16-5-6-17(13)2/h5-6,10-12,15H,3-4,7-9H2,1-2H3. The highest BCUT2D eigenvalue weighted by Gasteiger charge is 2.41. The number of aromatic nitrogens is 2. The Balaban J connectivity index is 1.73. The number of ether oxygens (including phenoxy) is 1. The van der Waals surface area contributed by atoms with Crippen molar-refractivity contribution in [2.45, 2.75) is 31.5 Å². The topological polar surface area (TPSA) is 59.4 Å². The molecule has 2 heterocycles. The highest BCUT2D eigenvalue weighted by atomic mass is 16.5. The van der Waals surface area contributed by atoms with Crippen molar-refractivity contribution < 1.29 is 9.53 Å². The van der Waals surface area contributed by atoms with Crippen LogP contribution in [0.4, 0.5) is 0 Å². The maximum absolute atomic E-state index is 12.8. The number of rotatable bonds is 5. The van der Waals surface area contributed by atoms with Crippen LogP contribution in [-0.4, -0.2) is 52.7 Å². The Morgan fingerprint density at radius 1 is 1.55 bits per heavy atom. The Morgan fingerprint density at radius 3 is 2.95 bits per heavy atom. The fourth-order valence-corrected chi connectivity index (χ4v) is 2.77. The predicted molar refractivity (Wildman–Crippen MR) is 73.9 cm³/mol. The minimum absolute atomic E-state index is 0.0686. The number of nitrogens with zero attached hydrogens (tertiary/aromatic N) is 3. The molecule has 20 heavy (non-hydrogen) atoms. The van der Waals surface area contributed by atoms with Crippen LogP contribution in [0.1, 0.15) is 18.7 Å². The van der Waals surface area contributed by atoms with Crippen LogP contribution in [0.2, 0.25) is 0 Å². The lowest BCUT2D eigenvalue weighted by Gasteiger charge is -2.27. The van der Waals surface area contributed by atoms with Crippen molar-refractivity contribution in [2.24, 2.45) is 13.0 Å². The van der Waals surface area contributed by atoms with Gasteiger partial charge >= 0.3 is 0 Å². The van der Waals surface area contributed by atoms with Gasteiger partial charge in [0.05, 0.1) is 25.7 Å². The molecule has 0 bridgehead atoms. The van der Waals surface area contributed by atoms with Crippen LogP contribution in [-0.2, 0) is 23.1 Å². The van der Waals surface area contributed by atoms with Crippen LogP contribution in [0.3, 0.4) is 0 Å². The maximum atomic E-state index is 12.8. The van der Waals surface area contributed by atoms with Gasteiger partial charge in [-0.1, -0.05) is 0 Å². The summed E-state index contributed by atoms with van der Waals surface area (Å²) in [6.45, 7) is 1.74. The molecule has 0 radical (unpaired) electrons. The lowest BCUT2D eigenvalue weighted by molar-refractivity contribution is -0.137. The highest BCUT2D eigenvalue weighted by Crippen LogP contribution is 2.31. The molecule has 6 heteroatoms. The Labute approximate surface area is 119 Å². The van der Waals surface area contributed by atoms with Crippen molar-refractivity contribution in [2.75, 3.05) is 20.3 Å². The molecule has 2 fully saturated rings. The van der Waals surface area contributed by atoms with Gasteiger partial charge < -0.3 is 19.5 Å². The molecule has 110 valence electrons. The molecule has 1 aliphatic carbocycles. The molecule has 1 aromatic heterocycles. The predicted octanol–water partition coefficient (Wildman–Crippen LogP) is 0.145. The van der Waals surface area contributed by atoms with E-state index in [1.54, 1.807) is 6.20 Å². The van der Waals surface area contributed by atoms with Gasteiger partial charge in [-0.3, -0.25) is 4.79 Å². The van der Waals surface area contributed by atoms with E-state index in [0.29, 0.717) is 25.8 Å². The molecule has 6 nitrogen and oxygen atoms in total. The smallest absolute Gasteiger partial charge is 0.230 e. The quantitative estimate of drug-likeness (QED) is 0.832. The third-order valence-corrected chi connectivity index (χ3v) is 4.27. The zero-order valence-corrected chi connectivity index (χ0v) is 12.1. The third-order valence-electron chi connectivity index (χ3n) is 4.27. The summed E-state index contributed by atoms with van der Waals surface area (Å²) >= 11 is 0. The first-order chi connectivity index (χ1) is 9.70. The summed E-state index contributed by atoms with van der Waals surface area (Å²) in [5.74, 6) is 1.07. The first-order valence-electron chi connectivity index (χ1n) is 7.22. The summed E-state index contributed by atoms with van der Waals surface area (Å²) in [5, 5.41) is 3.19. The summed E-state index contributed by atoms with van der Waals surface area (Å²) < 4.78 is 7.44. The summed E-state index contributed by atoms with van der Waals surface area (Å²) in [6.07, 6.45) is 5.90. The van der Waals surface area contributed by atoms with Crippen molar-refractivity contribution in [1.29, 1.82) is 0 Å². The van der Waals surface area contributed by atoms with E-state index in [2.05, 4.69) is 10.3 Å². The van der Waals surface area contributed by atoms with Gasteiger partial charge in [0.25, 0.3) is 0 Å². The fraction of sp³-hybridized carbons (Fsp3) is 0.714. The zero-order valence-electron chi connectivity index (χ0n) is 12.1. The monoisotopic (exact) mass is 278 g/mol. The number of imidazole rings is 1. The van der Waals surface area contributed by atoms with Crippen molar-refractivity contribution >= 4 is 5.91 Å². The Hall–Kier alpha value is -1.40. The van der Waals surface area contributed by atoms with E-state index in [-0.39, 0.29) is 17.9 Å². The van der Waals surface area contributed by atoms with E-state index in [9.17, 15) is 4.79 Å². The second-order valence-electron chi connectivity index (χ2n) is 5.69. The van der Waals surface area contributed by atoms with Gasteiger partial charge in [0.15, 0.2) is 0 Å². The molecule has 2 unspecified atom stereocenters. The van der Waals surface area contributed by atoms with Crippen LogP contribution < -0.4 is 5.32 Å². The molecule has 2 atom stereocenters. The van der Waals surface area contributed by atoms with Gasteiger partial charge in [-0.2, -0.15) is 0 Å². The maximum Gasteiger partial charge on any atom is 0.230 e. The average molecular weight is 278 g/mol. The molecule has 1 saturated heterocycles. The Kier molecular flexibility index (Phi) is 3.76. The number of aryl methyl sites for hydroxylation is 1. The lowest BCUT2D eigenvalue weighted by Crippen LogP contribution is -2.45. The molecule has 3 rings (SSSR count). The van der Waals surface area contributed by atoms with Gasteiger partial charge in [-0.05, 0) is 19.9 Å². The molecule has 0 aromatic carbocycles. The number of carbonyl (C=O) groups is 1. The Morgan fingerprint density at radius 2 is 2.35 bits per heavy atom. The molecular formula is C14H22N4O2. The van der Waals surface area contributed by atoms with Crippen molar-refractivity contribution in [3.63, 3.8) is 0 Å². The third kappa shape index (κ3) is 2.58. The lowest BCUT2D eigenvalue weighted by atomic mass is 10.0. The van der Waals surface area contributed by atoms with Crippen molar-refractivity contribution in [1.82, 2.24) is 19.8 Å². The molecule has 1 N–H and O–H groups in total. The number of nitrogens with one attached hydrogen (secondary N) is 1. The van der Waals surface area contributed by atoms with Gasteiger partial charge in [-0.25, -0.2) is 4.98 Å². The molecule has 0 spiro atoms. The van der Waals surface area contributed by atoms with Gasteiger partial charge in [0, 0.05) is 31.5 Å². The van der Waals surface area contributed by atoms with Crippen LogP contribution >= 0.6 is 0 Å². The number of hydrogen-bond donors (Lipinski definition) is 1. The molecule has 1 saturated carbocycles. The summed E-state index contributed by atoms with van der Waals surface area (Å²) in [4.78, 5) is 19.1. The van der Waals surface area contributed by atoms with E-state index < -0.39 is 0 Å². The summed E-state index contributed by atoms with van der Waals surface area (Å²) in [5.41, 5.74) is 0. The highest BCUT2D eigenvalue weighted by molar-refractivity contribution is 5.80. The van der Waals surface area contributed by atoms with Gasteiger partial charge in [-0.15, -0.1) is 0 Å². The SMILES string of the molecule is CNC1COCC1C(=O)N(Cc1nccn1C)C1CC1. The fourth-order valence-electron chi connectivity index (χ4n) is 2.77. The van der Waals surface area contributed by atoms with Gasteiger partial charge in [0.2, 0.25) is 5.91 Å². The van der Waals surface area contributed by atoms with E-state index in [0.717, 1.165) is 18.7 Å². The largest absolute Gasteiger partial charge is 0.379 e. The molecule has 1 amide bonds. The minimum Gasteiger partial charge on any atom is -0.379 e.